The molecule has 0 radical (unpaired) electrons. The van der Waals surface area contributed by atoms with Gasteiger partial charge < -0.3 is 10.5 Å². The van der Waals surface area contributed by atoms with Crippen LogP contribution < -0.4 is 5.73 Å². The molecule has 2 unspecified atom stereocenters. The monoisotopic (exact) mass is 366 g/mol. The normalized spacial score (nSPS) is 24.8. The fraction of sp³-hybridized carbons (Fsp3) is 0.500. The average molecular weight is 367 g/mol. The molecule has 5 nitrogen and oxygen atoms in total. The summed E-state index contributed by atoms with van der Waals surface area (Å²) in [6.07, 6.45) is -0.225. The maximum Gasteiger partial charge on any atom is 0.246 e. The number of hydrogen-bond acceptors (Lipinski definition) is 4. The van der Waals surface area contributed by atoms with Gasteiger partial charge in [-0.05, 0) is 41.9 Å². The number of benzene rings is 1. The number of nitrogen functional groups attached to an aromatic ring is 1. The highest BCUT2D eigenvalue weighted by molar-refractivity contribution is 9.10. The molecule has 1 fully saturated rings. The van der Waals surface area contributed by atoms with Crippen molar-refractivity contribution in [2.45, 2.75) is 30.9 Å². The Morgan fingerprint density at radius 2 is 2.10 bits per heavy atom. The first-order valence-electron chi connectivity index (χ1n) is 6.11. The topological polar surface area (TPSA) is 72.6 Å². The van der Waals surface area contributed by atoms with Gasteiger partial charge in [0, 0.05) is 22.7 Å². The number of nitrogens with zero attached hydrogens (tertiary/aromatic N) is 1. The molecule has 2 rings (SSSR count). The van der Waals surface area contributed by atoms with Crippen LogP contribution in [0.3, 0.4) is 0 Å². The van der Waals surface area contributed by atoms with Crippen molar-refractivity contribution in [1.82, 2.24) is 4.31 Å². The Bertz CT molecular complexity index is 623. The third-order valence-corrected chi connectivity index (χ3v) is 5.87. The van der Waals surface area contributed by atoms with E-state index in [0.717, 1.165) is 12.1 Å². The molecule has 0 aliphatic carbocycles. The van der Waals surface area contributed by atoms with E-state index in [9.17, 15) is 12.8 Å². The van der Waals surface area contributed by atoms with Gasteiger partial charge in [0.15, 0.2) is 0 Å². The summed E-state index contributed by atoms with van der Waals surface area (Å²) in [5, 5.41) is 0. The number of morpholine rings is 1. The summed E-state index contributed by atoms with van der Waals surface area (Å²) in [5.41, 5.74) is 5.84. The van der Waals surface area contributed by atoms with Gasteiger partial charge in [0.1, 0.15) is 10.7 Å². The van der Waals surface area contributed by atoms with Gasteiger partial charge in [-0.15, -0.1) is 0 Å². The molecule has 2 N–H and O–H groups in total. The zero-order valence-corrected chi connectivity index (χ0v) is 13.5. The van der Waals surface area contributed by atoms with Crippen molar-refractivity contribution in [3.8, 4) is 0 Å². The van der Waals surface area contributed by atoms with Crippen LogP contribution in [-0.2, 0) is 14.8 Å². The fourth-order valence-corrected chi connectivity index (χ4v) is 4.17. The maximum absolute atomic E-state index is 14.0. The first-order chi connectivity index (χ1) is 9.23. The van der Waals surface area contributed by atoms with E-state index < -0.39 is 20.7 Å². The van der Waals surface area contributed by atoms with Gasteiger partial charge in [0.2, 0.25) is 10.0 Å². The summed E-state index contributed by atoms with van der Waals surface area (Å²) in [6, 6.07) is 1.86. The molecule has 0 amide bonds. The molecular weight excluding hydrogens is 351 g/mol. The van der Waals surface area contributed by atoms with E-state index >= 15 is 0 Å². The van der Waals surface area contributed by atoms with E-state index in [2.05, 4.69) is 15.9 Å². The molecule has 112 valence electrons. The number of ether oxygens (including phenoxy) is 1. The summed E-state index contributed by atoms with van der Waals surface area (Å²) >= 11 is 3.07. The van der Waals surface area contributed by atoms with Gasteiger partial charge in [0.25, 0.3) is 0 Å². The van der Waals surface area contributed by atoms with Gasteiger partial charge in [0.05, 0.1) is 12.7 Å². The number of anilines is 1. The van der Waals surface area contributed by atoms with Crippen molar-refractivity contribution in [3.63, 3.8) is 0 Å². The van der Waals surface area contributed by atoms with Gasteiger partial charge in [-0.3, -0.25) is 0 Å². The lowest BCUT2D eigenvalue weighted by atomic mass is 10.2. The van der Waals surface area contributed by atoms with Crippen LogP contribution in [0, 0.1) is 5.82 Å². The van der Waals surface area contributed by atoms with Crippen LogP contribution in [0.5, 0.6) is 0 Å². The van der Waals surface area contributed by atoms with Crippen molar-refractivity contribution < 1.29 is 17.5 Å². The first kappa shape index (κ1) is 15.7. The van der Waals surface area contributed by atoms with E-state index in [1.807, 2.05) is 0 Å². The number of hydrogen-bond donors (Lipinski definition) is 1. The Kier molecular flexibility index (Phi) is 4.38. The second kappa shape index (κ2) is 5.59. The Hall–Kier alpha value is -0.700. The highest BCUT2D eigenvalue weighted by Gasteiger charge is 2.36. The molecule has 1 heterocycles. The maximum atomic E-state index is 14.0. The third kappa shape index (κ3) is 2.83. The minimum atomic E-state index is -3.94. The van der Waals surface area contributed by atoms with Crippen LogP contribution in [0.2, 0.25) is 0 Å². The average Bonchev–Trinajstić information content (AvgIpc) is 2.36. The van der Waals surface area contributed by atoms with Crippen molar-refractivity contribution in [3.05, 3.63) is 22.4 Å². The molecule has 20 heavy (non-hydrogen) atoms. The molecule has 1 aromatic carbocycles. The number of nitrogens with two attached hydrogens (primary N) is 1. The van der Waals surface area contributed by atoms with Crippen LogP contribution in [0.4, 0.5) is 10.1 Å². The third-order valence-electron chi connectivity index (χ3n) is 3.19. The minimum absolute atomic E-state index is 0.180. The zero-order valence-electron chi connectivity index (χ0n) is 11.1. The lowest BCUT2D eigenvalue weighted by Crippen LogP contribution is -2.50. The number of halogens is 2. The first-order valence-corrected chi connectivity index (χ1v) is 8.34. The predicted molar refractivity (Wildman–Crippen MR) is 77.3 cm³/mol. The van der Waals surface area contributed by atoms with E-state index in [4.69, 9.17) is 10.5 Å². The predicted octanol–water partition coefficient (Wildman–Crippen LogP) is 1.97. The van der Waals surface area contributed by atoms with E-state index in [0.29, 0.717) is 4.47 Å². The standard InChI is InChI=1S/C12H16BrFN2O3S/c1-7-6-19-8(2)5-16(7)20(17,18)12-4-11(15)9(13)3-10(12)14/h3-4,7-8H,5-6,15H2,1-2H3. The fourth-order valence-electron chi connectivity index (χ4n) is 2.08. The summed E-state index contributed by atoms with van der Waals surface area (Å²) in [7, 11) is -3.94. The summed E-state index contributed by atoms with van der Waals surface area (Å²) in [5.74, 6) is -0.822. The summed E-state index contributed by atoms with van der Waals surface area (Å²) < 4.78 is 46.1. The van der Waals surface area contributed by atoms with Crippen LogP contribution in [-0.4, -0.2) is 38.0 Å². The lowest BCUT2D eigenvalue weighted by Gasteiger charge is -2.35. The van der Waals surface area contributed by atoms with E-state index in [1.165, 1.54) is 4.31 Å². The SMILES string of the molecule is CC1CN(S(=O)(=O)c2cc(N)c(Br)cc2F)C(C)CO1. The van der Waals surface area contributed by atoms with Gasteiger partial charge >= 0.3 is 0 Å². The van der Waals surface area contributed by atoms with Crippen LogP contribution in [0.15, 0.2) is 21.5 Å². The van der Waals surface area contributed by atoms with Crippen LogP contribution in [0.25, 0.3) is 0 Å². The number of rotatable bonds is 2. The summed E-state index contributed by atoms with van der Waals surface area (Å²) in [4.78, 5) is -0.404. The molecule has 8 heteroatoms. The molecule has 0 bridgehead atoms. The van der Waals surface area contributed by atoms with Gasteiger partial charge in [-0.2, -0.15) is 4.31 Å². The second-order valence-electron chi connectivity index (χ2n) is 4.87. The molecule has 2 atom stereocenters. The Labute approximate surface area is 126 Å². The van der Waals surface area contributed by atoms with Crippen LogP contribution in [0.1, 0.15) is 13.8 Å². The Morgan fingerprint density at radius 1 is 1.45 bits per heavy atom. The van der Waals surface area contributed by atoms with Gasteiger partial charge in [-0.25, -0.2) is 12.8 Å². The molecule has 1 aliphatic rings. The Morgan fingerprint density at radius 3 is 2.75 bits per heavy atom. The molecule has 0 aromatic heterocycles. The zero-order chi connectivity index (χ0) is 15.1. The van der Waals surface area contributed by atoms with Crippen molar-refractivity contribution in [1.29, 1.82) is 0 Å². The van der Waals surface area contributed by atoms with Crippen molar-refractivity contribution in [2.75, 3.05) is 18.9 Å². The van der Waals surface area contributed by atoms with Gasteiger partial charge in [-0.1, -0.05) is 0 Å². The highest BCUT2D eigenvalue weighted by Crippen LogP contribution is 2.30. The lowest BCUT2D eigenvalue weighted by molar-refractivity contribution is -0.0171. The molecule has 0 spiro atoms. The quantitative estimate of drug-likeness (QED) is 0.812. The molecule has 1 saturated heterocycles. The molecular formula is C12H16BrFN2O3S. The smallest absolute Gasteiger partial charge is 0.246 e. The van der Waals surface area contributed by atoms with E-state index in [1.54, 1.807) is 13.8 Å². The van der Waals surface area contributed by atoms with Crippen molar-refractivity contribution in [2.24, 2.45) is 0 Å². The largest absolute Gasteiger partial charge is 0.398 e. The van der Waals surface area contributed by atoms with Crippen LogP contribution >= 0.6 is 15.9 Å². The molecule has 1 aliphatic heterocycles. The second-order valence-corrected chi connectivity index (χ2v) is 7.59. The Balaban J connectivity index is 2.47. The highest BCUT2D eigenvalue weighted by atomic mass is 79.9. The molecule has 0 saturated carbocycles. The minimum Gasteiger partial charge on any atom is -0.398 e. The molecule has 1 aromatic rings. The van der Waals surface area contributed by atoms with E-state index in [-0.39, 0.29) is 31.0 Å². The summed E-state index contributed by atoms with van der Waals surface area (Å²) in [6.45, 7) is 3.98. The number of sulfonamides is 1. The van der Waals surface area contributed by atoms with Crippen molar-refractivity contribution >= 4 is 31.6 Å².